The van der Waals surface area contributed by atoms with Crippen molar-refractivity contribution < 1.29 is 104 Å². The minimum Gasteiger partial charge on any atom is -0.392 e. The zero-order valence-corrected chi connectivity index (χ0v) is 52.7. The van der Waals surface area contributed by atoms with Gasteiger partial charge >= 0.3 is 0 Å². The smallest absolute Gasteiger partial charge is 0.214 e. The molecule has 2 aromatic carbocycles. The predicted molar refractivity (Wildman–Crippen MR) is 317 cm³/mol. The second-order valence-electron chi connectivity index (χ2n) is 26.2. The van der Waals surface area contributed by atoms with Gasteiger partial charge < -0.3 is 104 Å². The number of aliphatic hydroxyl groups excluding tert-OH is 11. The van der Waals surface area contributed by atoms with E-state index in [4.69, 9.17) is 42.6 Å². The third kappa shape index (κ3) is 18.4. The third-order valence-electron chi connectivity index (χ3n) is 18.6. The van der Waals surface area contributed by atoms with E-state index in [9.17, 15) is 61.3 Å². The van der Waals surface area contributed by atoms with Crippen molar-refractivity contribution in [1.29, 1.82) is 0 Å². The Morgan fingerprint density at radius 2 is 1.37 bits per heavy atom. The Balaban J connectivity index is 1.23. The first-order valence-electron chi connectivity index (χ1n) is 31.2. The predicted octanol–water partition coefficient (Wildman–Crippen LogP) is 1.90. The molecule has 23 atom stereocenters. The molecule has 0 radical (unpaired) electrons. The fourth-order valence-electron chi connectivity index (χ4n) is 13.9. The van der Waals surface area contributed by atoms with E-state index < -0.39 is 150 Å². The molecule has 6 rings (SSSR count). The fraction of sp³-hybridized carbons (Fsp3) is 0.810. The molecule has 24 heteroatoms. The molecule has 3 aliphatic carbocycles. The van der Waals surface area contributed by atoms with Gasteiger partial charge in [-0.3, -0.25) is 16.0 Å². The highest BCUT2D eigenvalue weighted by molar-refractivity contribution is 5.27. The molecule has 1 aliphatic heterocycles. The van der Waals surface area contributed by atoms with Crippen molar-refractivity contribution in [3.8, 4) is 0 Å². The van der Waals surface area contributed by atoms with E-state index in [-0.39, 0.29) is 38.7 Å². The summed E-state index contributed by atoms with van der Waals surface area (Å²) in [7, 11) is 1.60. The van der Waals surface area contributed by atoms with E-state index in [1.54, 1.807) is 123 Å². The summed E-state index contributed by atoms with van der Waals surface area (Å²) >= 11 is 0. The molecule has 2 aromatic rings. The average molecular weight is 1240 g/mol. The van der Waals surface area contributed by atoms with Gasteiger partial charge in [0.2, 0.25) is 6.41 Å². The van der Waals surface area contributed by atoms with Crippen LogP contribution in [0, 0.1) is 28.6 Å². The molecule has 2 bridgehead atoms. The molecule has 0 aromatic heterocycles. The van der Waals surface area contributed by atoms with Crippen LogP contribution in [0.1, 0.15) is 144 Å². The van der Waals surface area contributed by atoms with Crippen LogP contribution in [0.3, 0.4) is 0 Å². The van der Waals surface area contributed by atoms with E-state index in [2.05, 4.69) is 16.0 Å². The van der Waals surface area contributed by atoms with Crippen LogP contribution in [0.4, 0.5) is 0 Å². The lowest BCUT2D eigenvalue weighted by Crippen LogP contribution is -2.83. The average Bonchev–Trinajstić information content (AvgIpc) is 0.680. The van der Waals surface area contributed by atoms with Crippen LogP contribution in [0.5, 0.6) is 0 Å². The number of fused-ring (bicyclic) bond motifs is 5. The highest BCUT2D eigenvalue weighted by Crippen LogP contribution is 2.66. The van der Waals surface area contributed by atoms with E-state index in [0.717, 1.165) is 0 Å². The van der Waals surface area contributed by atoms with Gasteiger partial charge in [0.05, 0.1) is 99.6 Å². The molecule has 0 spiro atoms. The Labute approximate surface area is 513 Å². The second-order valence-corrected chi connectivity index (χ2v) is 26.2. The highest BCUT2D eigenvalue weighted by Gasteiger charge is 2.78. The second kappa shape index (κ2) is 32.9. The van der Waals surface area contributed by atoms with Crippen LogP contribution in [-0.2, 0) is 42.6 Å². The quantitative estimate of drug-likeness (QED) is 0.0339. The number of rotatable bonds is 37. The van der Waals surface area contributed by atoms with E-state index >= 15 is 0 Å². The number of benzene rings is 2. The van der Waals surface area contributed by atoms with Crippen LogP contribution in [0.15, 0.2) is 60.7 Å². The minimum absolute atomic E-state index is 0.0727. The molecule has 500 valence electrons. The number of ether oxygens (including phenoxy) is 9. The molecule has 4 fully saturated rings. The Morgan fingerprint density at radius 1 is 0.736 bits per heavy atom. The normalized spacial score (nSPS) is 32.8. The standard InChI is InChI=1S/C63H107N3O21/c1-37-43(35-63(78)55(85-56(75)41-22-15-12-16-23-41)53-61(9,54(74)51(73)49(37)60(63,7)8)44(69)34-45-62(53,36-82-45)86-39(3)68)83-57(76)52(50(40-20-13-11-14-21-40)66-58(77)87-59(4,5)6)84-48(72)26-19-25-47(71)65-42(38(2)67)24-17-18-28-64-46(70)27-29-80-32-33-81-31-30-79-10/h11-16,20-23,37-39,42-58,64-78H,17-19,24-36H2,1-10H3/t37?,38?,39?,42?,43-,44?,45?,46?,47?,48?,49?,50-,51?,52+,53-,54?,55-,56?,57?,58?,61?,62-,63?/m0/s1. The van der Waals surface area contributed by atoms with Gasteiger partial charge in [0.1, 0.15) is 24.2 Å². The number of methoxy groups -OCH3 is 1. The lowest BCUT2D eigenvalue weighted by Gasteiger charge is -2.71. The topological polar surface area (TPSA) is 362 Å². The Hall–Kier alpha value is -2.52. The molecule has 87 heavy (non-hydrogen) atoms. The molecule has 1 saturated heterocycles. The van der Waals surface area contributed by atoms with Gasteiger partial charge in [-0.15, -0.1) is 0 Å². The first-order valence-corrected chi connectivity index (χ1v) is 31.2. The monoisotopic (exact) mass is 1240 g/mol. The number of hydrogen-bond donors (Lipinski definition) is 15. The number of hydrogen-bond acceptors (Lipinski definition) is 24. The molecule has 15 N–H and O–H groups in total. The Kier molecular flexibility index (Phi) is 27.8. The summed E-state index contributed by atoms with van der Waals surface area (Å²) in [6.07, 6.45) is -19.4. The maximum atomic E-state index is 14.1. The minimum atomic E-state index is -2.22. The first-order chi connectivity index (χ1) is 41.0. The van der Waals surface area contributed by atoms with Crippen molar-refractivity contribution in [2.45, 2.75) is 242 Å². The van der Waals surface area contributed by atoms with Crippen LogP contribution in [-0.4, -0.2) is 224 Å². The van der Waals surface area contributed by atoms with Crippen molar-refractivity contribution in [1.82, 2.24) is 16.0 Å². The van der Waals surface area contributed by atoms with Crippen LogP contribution >= 0.6 is 0 Å². The lowest BCUT2D eigenvalue weighted by atomic mass is 9.42. The van der Waals surface area contributed by atoms with Crippen LogP contribution in [0.2, 0.25) is 0 Å². The summed E-state index contributed by atoms with van der Waals surface area (Å²) in [5, 5.41) is 152. The first kappa shape index (κ1) is 73.5. The summed E-state index contributed by atoms with van der Waals surface area (Å²) in [5.74, 6) is -3.25. The third-order valence-corrected chi connectivity index (χ3v) is 18.6. The van der Waals surface area contributed by atoms with E-state index in [0.29, 0.717) is 76.4 Å². The Bertz CT molecular complexity index is 2280. The molecule has 0 amide bonds. The van der Waals surface area contributed by atoms with E-state index in [1.807, 2.05) is 0 Å². The van der Waals surface area contributed by atoms with Crippen molar-refractivity contribution in [2.24, 2.45) is 28.6 Å². The molecule has 4 aliphatic rings. The van der Waals surface area contributed by atoms with Crippen molar-refractivity contribution >= 4 is 0 Å². The lowest BCUT2D eigenvalue weighted by molar-refractivity contribution is -0.417. The van der Waals surface area contributed by atoms with Gasteiger partial charge in [0, 0.05) is 60.6 Å². The summed E-state index contributed by atoms with van der Waals surface area (Å²) in [5.41, 5.74) is -7.08. The number of aliphatic hydroxyl groups is 12. The fourth-order valence-corrected chi connectivity index (χ4v) is 13.9. The maximum absolute atomic E-state index is 14.1. The molecule has 17 unspecified atom stereocenters. The SMILES string of the molecule is COCCOCCOCCC(O)NCCCCC(NC(O)CCCC(O)O[C@@H](C(O)O[C@H]1CC2(O)[C@@H](OC(O)c3ccccc3)[C@H]3C(C)(C(O)CC4OC[C@]43OC(C)O)C(O)C(O)C(C1C)C2(C)C)[C@@H](NC(O)OC(C)(C)C)c1ccccc1)C(C)O. The summed E-state index contributed by atoms with van der Waals surface area (Å²) in [4.78, 5) is 0. The van der Waals surface area contributed by atoms with Crippen molar-refractivity contribution in [2.75, 3.05) is 53.3 Å². The van der Waals surface area contributed by atoms with Crippen LogP contribution in [0.25, 0.3) is 0 Å². The zero-order valence-electron chi connectivity index (χ0n) is 52.7. The van der Waals surface area contributed by atoms with Crippen LogP contribution < -0.4 is 16.0 Å². The molecule has 24 nitrogen and oxygen atoms in total. The van der Waals surface area contributed by atoms with Gasteiger partial charge in [-0.2, -0.15) is 0 Å². The molecule has 1 heterocycles. The molecular formula is C63H107N3O21. The van der Waals surface area contributed by atoms with Crippen molar-refractivity contribution in [3.63, 3.8) is 0 Å². The zero-order chi connectivity index (χ0) is 64.1. The highest BCUT2D eigenvalue weighted by atomic mass is 16.7. The van der Waals surface area contributed by atoms with Gasteiger partial charge in [0.25, 0.3) is 0 Å². The largest absolute Gasteiger partial charge is 0.392 e. The van der Waals surface area contributed by atoms with Gasteiger partial charge in [0.15, 0.2) is 25.2 Å². The summed E-state index contributed by atoms with van der Waals surface area (Å²) in [6, 6.07) is 15.4. The summed E-state index contributed by atoms with van der Waals surface area (Å²) in [6.45, 7) is 17.5. The Morgan fingerprint density at radius 3 is 1.97 bits per heavy atom. The van der Waals surface area contributed by atoms with Gasteiger partial charge in [-0.05, 0) is 84.7 Å². The molecule has 3 saturated carbocycles. The maximum Gasteiger partial charge on any atom is 0.214 e. The summed E-state index contributed by atoms with van der Waals surface area (Å²) < 4.78 is 54.1. The number of nitrogens with one attached hydrogen (secondary N) is 3. The van der Waals surface area contributed by atoms with Gasteiger partial charge in [-0.25, -0.2) is 0 Å². The van der Waals surface area contributed by atoms with Crippen molar-refractivity contribution in [3.05, 3.63) is 71.8 Å². The van der Waals surface area contributed by atoms with E-state index in [1.165, 1.54) is 6.92 Å². The molecular weight excluding hydrogens is 1130 g/mol. The van der Waals surface area contributed by atoms with Gasteiger partial charge in [-0.1, -0.05) is 94.8 Å². The number of unbranched alkanes of at least 4 members (excludes halogenated alkanes) is 1.